The number of pyridine rings is 3. The lowest BCUT2D eigenvalue weighted by Crippen LogP contribution is -2.19. The van der Waals surface area contributed by atoms with Gasteiger partial charge in [0.05, 0.1) is 40.9 Å². The van der Waals surface area contributed by atoms with Crippen LogP contribution in [0.1, 0.15) is 32.1 Å². The van der Waals surface area contributed by atoms with Crippen LogP contribution in [0.5, 0.6) is 11.5 Å². The maximum Gasteiger partial charge on any atom is 0.159 e. The molecule has 39 heavy (non-hydrogen) atoms. The molecule has 0 radical (unpaired) electrons. The Hall–Kier alpha value is -4.86. The molecular formula is C29H24FN7O2. The molecule has 0 unspecified atom stereocenters. The van der Waals surface area contributed by atoms with Crippen LogP contribution < -0.4 is 4.74 Å². The molecule has 1 fully saturated rings. The molecule has 0 bridgehead atoms. The summed E-state index contributed by atoms with van der Waals surface area (Å²) in [6, 6.07) is 9.54. The maximum atomic E-state index is 14.0. The second-order valence-corrected chi connectivity index (χ2v) is 9.81. The Morgan fingerprint density at radius 2 is 1.79 bits per heavy atom. The number of imidazole rings is 1. The van der Waals surface area contributed by atoms with E-state index in [1.807, 2.05) is 12.1 Å². The van der Waals surface area contributed by atoms with Gasteiger partial charge in [0.25, 0.3) is 0 Å². The SMILES string of the molecule is Oc1cc(F)cc(-c2nccc3[nH]c(-c4n[nH]c5cnc(-c6cncc(OC7CCCCC7)c6)cc45)nc23)c1. The van der Waals surface area contributed by atoms with Crippen molar-refractivity contribution in [1.82, 2.24) is 35.1 Å². The number of nitrogens with zero attached hydrogens (tertiary/aromatic N) is 5. The molecule has 1 aliphatic carbocycles. The number of aromatic amines is 2. The zero-order chi connectivity index (χ0) is 26.3. The van der Waals surface area contributed by atoms with Crippen molar-refractivity contribution in [3.8, 4) is 45.5 Å². The van der Waals surface area contributed by atoms with E-state index in [-0.39, 0.29) is 11.9 Å². The van der Waals surface area contributed by atoms with E-state index in [1.54, 1.807) is 30.9 Å². The summed E-state index contributed by atoms with van der Waals surface area (Å²) >= 11 is 0. The van der Waals surface area contributed by atoms with Crippen LogP contribution in [0.4, 0.5) is 4.39 Å². The van der Waals surface area contributed by atoms with E-state index in [2.05, 4.69) is 30.1 Å². The normalized spacial score (nSPS) is 14.3. The van der Waals surface area contributed by atoms with E-state index in [0.717, 1.165) is 46.8 Å². The van der Waals surface area contributed by atoms with Gasteiger partial charge in [-0.3, -0.25) is 20.1 Å². The van der Waals surface area contributed by atoms with Crippen molar-refractivity contribution < 1.29 is 14.2 Å². The first-order chi connectivity index (χ1) is 19.1. The molecule has 6 aromatic rings. The molecule has 0 spiro atoms. The Balaban J connectivity index is 1.26. The summed E-state index contributed by atoms with van der Waals surface area (Å²) < 4.78 is 20.2. The minimum atomic E-state index is -0.555. The van der Waals surface area contributed by atoms with Crippen LogP contribution in [0.3, 0.4) is 0 Å². The Morgan fingerprint density at radius 1 is 0.897 bits per heavy atom. The number of fused-ring (bicyclic) bond motifs is 2. The zero-order valence-electron chi connectivity index (χ0n) is 20.9. The molecule has 9 nitrogen and oxygen atoms in total. The number of hydrogen-bond donors (Lipinski definition) is 3. The van der Waals surface area contributed by atoms with Gasteiger partial charge in [0.1, 0.15) is 28.5 Å². The number of phenols is 1. The van der Waals surface area contributed by atoms with Crippen LogP contribution in [0.2, 0.25) is 0 Å². The number of ether oxygens (including phenoxy) is 1. The van der Waals surface area contributed by atoms with Gasteiger partial charge in [0, 0.05) is 35.0 Å². The van der Waals surface area contributed by atoms with E-state index in [9.17, 15) is 9.50 Å². The van der Waals surface area contributed by atoms with E-state index in [0.29, 0.717) is 33.8 Å². The molecule has 1 saturated carbocycles. The van der Waals surface area contributed by atoms with E-state index in [4.69, 9.17) is 9.72 Å². The fraction of sp³-hybridized carbons (Fsp3) is 0.207. The minimum Gasteiger partial charge on any atom is -0.508 e. The van der Waals surface area contributed by atoms with Gasteiger partial charge in [-0.25, -0.2) is 9.37 Å². The lowest BCUT2D eigenvalue weighted by Gasteiger charge is -2.22. The molecule has 10 heteroatoms. The quantitative estimate of drug-likeness (QED) is 0.247. The summed E-state index contributed by atoms with van der Waals surface area (Å²) in [6.07, 6.45) is 12.9. The van der Waals surface area contributed by atoms with Crippen LogP contribution in [0.15, 0.2) is 61.2 Å². The van der Waals surface area contributed by atoms with Crippen molar-refractivity contribution >= 4 is 21.9 Å². The topological polar surface area (TPSA) is 125 Å². The lowest BCUT2D eigenvalue weighted by atomic mass is 9.98. The van der Waals surface area contributed by atoms with Crippen LogP contribution in [0, 0.1) is 5.82 Å². The van der Waals surface area contributed by atoms with Crippen LogP contribution in [0.25, 0.3) is 56.0 Å². The number of halogens is 1. The predicted octanol–water partition coefficient (Wildman–Crippen LogP) is 6.18. The fourth-order valence-corrected chi connectivity index (χ4v) is 5.22. The van der Waals surface area contributed by atoms with Crippen LogP contribution in [-0.4, -0.2) is 46.3 Å². The number of aromatic nitrogens is 7. The molecule has 5 heterocycles. The Labute approximate surface area is 222 Å². The second-order valence-electron chi connectivity index (χ2n) is 9.81. The van der Waals surface area contributed by atoms with E-state index >= 15 is 0 Å². The highest BCUT2D eigenvalue weighted by Crippen LogP contribution is 2.33. The highest BCUT2D eigenvalue weighted by molar-refractivity contribution is 5.96. The smallest absolute Gasteiger partial charge is 0.159 e. The van der Waals surface area contributed by atoms with Crippen molar-refractivity contribution in [3.05, 3.63) is 67.0 Å². The molecule has 1 aliphatic rings. The summed E-state index contributed by atoms with van der Waals surface area (Å²) in [5, 5.41) is 18.2. The van der Waals surface area contributed by atoms with Crippen molar-refractivity contribution in [1.29, 1.82) is 0 Å². The summed E-state index contributed by atoms with van der Waals surface area (Å²) in [4.78, 5) is 21.5. The van der Waals surface area contributed by atoms with Gasteiger partial charge < -0.3 is 14.8 Å². The number of nitrogens with one attached hydrogen (secondary N) is 2. The Kier molecular flexibility index (Phi) is 5.65. The highest BCUT2D eigenvalue weighted by Gasteiger charge is 2.19. The van der Waals surface area contributed by atoms with E-state index < -0.39 is 5.82 Å². The van der Waals surface area contributed by atoms with Gasteiger partial charge in [-0.15, -0.1) is 0 Å². The average molecular weight is 522 g/mol. The number of aromatic hydroxyl groups is 1. The summed E-state index contributed by atoms with van der Waals surface area (Å²) in [5.41, 5.74) is 5.08. The van der Waals surface area contributed by atoms with Gasteiger partial charge in [0.15, 0.2) is 5.82 Å². The minimum absolute atomic E-state index is 0.180. The lowest BCUT2D eigenvalue weighted by molar-refractivity contribution is 0.154. The molecule has 0 saturated heterocycles. The standard InChI is InChI=1S/C29H24FN7O2/c30-18-8-16(9-19(38)11-18)26-28-23(6-7-32-26)34-29(35-28)27-22-12-24(33-15-25(22)36-37-27)17-10-21(14-31-13-17)39-20-4-2-1-3-5-20/h6-15,20,38H,1-5H2,(H,34,35)(H,36,37). The third kappa shape index (κ3) is 4.43. The molecule has 0 amide bonds. The maximum absolute atomic E-state index is 14.0. The van der Waals surface area contributed by atoms with Crippen LogP contribution >= 0.6 is 0 Å². The monoisotopic (exact) mass is 521 g/mol. The summed E-state index contributed by atoms with van der Waals surface area (Å²) in [6.45, 7) is 0. The number of benzene rings is 1. The number of rotatable bonds is 5. The van der Waals surface area contributed by atoms with Gasteiger partial charge in [-0.05, 0) is 56.0 Å². The van der Waals surface area contributed by atoms with Gasteiger partial charge >= 0.3 is 0 Å². The molecule has 3 N–H and O–H groups in total. The number of hydrogen-bond acceptors (Lipinski definition) is 7. The van der Waals surface area contributed by atoms with Crippen molar-refractivity contribution in [2.75, 3.05) is 0 Å². The van der Waals surface area contributed by atoms with Gasteiger partial charge in [0.2, 0.25) is 0 Å². The average Bonchev–Trinajstić information content (AvgIpc) is 3.57. The van der Waals surface area contributed by atoms with Gasteiger partial charge in [-0.2, -0.15) is 5.10 Å². The molecule has 194 valence electrons. The third-order valence-corrected chi connectivity index (χ3v) is 7.09. The molecule has 7 rings (SSSR count). The molecule has 5 aromatic heterocycles. The van der Waals surface area contributed by atoms with Crippen molar-refractivity contribution in [3.63, 3.8) is 0 Å². The Bertz CT molecular complexity index is 1800. The summed E-state index contributed by atoms with van der Waals surface area (Å²) in [7, 11) is 0. The molecular weight excluding hydrogens is 497 g/mol. The fourth-order valence-electron chi connectivity index (χ4n) is 5.22. The van der Waals surface area contributed by atoms with E-state index in [1.165, 1.54) is 31.4 Å². The molecule has 0 atom stereocenters. The molecule has 1 aromatic carbocycles. The number of phenolic OH excluding ortho intramolecular Hbond substituents is 1. The largest absolute Gasteiger partial charge is 0.508 e. The number of H-pyrrole nitrogens is 2. The van der Waals surface area contributed by atoms with Crippen molar-refractivity contribution in [2.24, 2.45) is 0 Å². The van der Waals surface area contributed by atoms with Crippen LogP contribution in [-0.2, 0) is 0 Å². The summed E-state index contributed by atoms with van der Waals surface area (Å²) in [5.74, 6) is 0.534. The zero-order valence-corrected chi connectivity index (χ0v) is 20.9. The highest BCUT2D eigenvalue weighted by atomic mass is 19.1. The first kappa shape index (κ1) is 23.3. The first-order valence-electron chi connectivity index (χ1n) is 12.9. The second kappa shape index (κ2) is 9.46. The van der Waals surface area contributed by atoms with Crippen molar-refractivity contribution in [2.45, 2.75) is 38.2 Å². The van der Waals surface area contributed by atoms with Gasteiger partial charge in [-0.1, -0.05) is 6.42 Å². The Morgan fingerprint density at radius 3 is 2.67 bits per heavy atom. The molecule has 0 aliphatic heterocycles. The third-order valence-electron chi connectivity index (χ3n) is 7.09. The first-order valence-corrected chi connectivity index (χ1v) is 12.9. The predicted molar refractivity (Wildman–Crippen MR) is 145 cm³/mol.